The first-order chi connectivity index (χ1) is 11.5. The highest BCUT2D eigenvalue weighted by Gasteiger charge is 2.51. The molecule has 0 N–H and O–H groups in total. The standard InChI is InChI=1S/C19H23NO4/c1-3-13-8-10-14(11-9-13)24-19(23)12(2)20-17(21)15-6-4-5-7-16(15)18(20)22/h8-12,15-16H,3-7H2,1-2H3. The van der Waals surface area contributed by atoms with E-state index in [1.165, 1.54) is 0 Å². The van der Waals surface area contributed by atoms with Crippen molar-refractivity contribution in [3.8, 4) is 5.75 Å². The van der Waals surface area contributed by atoms with Crippen molar-refractivity contribution >= 4 is 17.8 Å². The van der Waals surface area contributed by atoms with Crippen molar-refractivity contribution < 1.29 is 19.1 Å². The lowest BCUT2D eigenvalue weighted by Gasteiger charge is -2.21. The van der Waals surface area contributed by atoms with Gasteiger partial charge in [0.15, 0.2) is 0 Å². The molecule has 1 saturated carbocycles. The molecule has 2 amide bonds. The van der Waals surface area contributed by atoms with Gasteiger partial charge in [-0.1, -0.05) is 31.9 Å². The van der Waals surface area contributed by atoms with Crippen molar-refractivity contribution in [2.24, 2.45) is 11.8 Å². The minimum absolute atomic E-state index is 0.213. The van der Waals surface area contributed by atoms with E-state index >= 15 is 0 Å². The Balaban J connectivity index is 1.70. The summed E-state index contributed by atoms with van der Waals surface area (Å²) in [6.07, 6.45) is 4.33. The van der Waals surface area contributed by atoms with Crippen LogP contribution in [0.25, 0.3) is 0 Å². The Morgan fingerprint density at radius 1 is 1.12 bits per heavy atom. The summed E-state index contributed by atoms with van der Waals surface area (Å²) in [7, 11) is 0. The minimum Gasteiger partial charge on any atom is -0.425 e. The number of carbonyl (C=O) groups is 3. The van der Waals surface area contributed by atoms with E-state index in [1.54, 1.807) is 19.1 Å². The predicted octanol–water partition coefficient (Wildman–Crippen LogP) is 2.72. The van der Waals surface area contributed by atoms with E-state index in [1.807, 2.05) is 19.1 Å². The maximum atomic E-state index is 12.5. The van der Waals surface area contributed by atoms with Gasteiger partial charge in [0.05, 0.1) is 11.8 Å². The topological polar surface area (TPSA) is 63.7 Å². The fraction of sp³-hybridized carbons (Fsp3) is 0.526. The van der Waals surface area contributed by atoms with Gasteiger partial charge in [-0.2, -0.15) is 0 Å². The molecule has 0 aromatic heterocycles. The van der Waals surface area contributed by atoms with Crippen LogP contribution in [-0.4, -0.2) is 28.7 Å². The second kappa shape index (κ2) is 6.75. The Labute approximate surface area is 142 Å². The van der Waals surface area contributed by atoms with Gasteiger partial charge < -0.3 is 4.74 Å². The van der Waals surface area contributed by atoms with E-state index in [0.717, 1.165) is 42.6 Å². The number of hydrogen-bond donors (Lipinski definition) is 0. The Kier molecular flexibility index (Phi) is 4.69. The first kappa shape index (κ1) is 16.7. The van der Waals surface area contributed by atoms with Crippen molar-refractivity contribution in [1.82, 2.24) is 4.90 Å². The predicted molar refractivity (Wildman–Crippen MR) is 88.2 cm³/mol. The highest BCUT2D eigenvalue weighted by atomic mass is 16.5. The van der Waals surface area contributed by atoms with Gasteiger partial charge in [-0.25, -0.2) is 4.79 Å². The molecule has 2 fully saturated rings. The maximum Gasteiger partial charge on any atom is 0.334 e. The average molecular weight is 329 g/mol. The fourth-order valence-corrected chi connectivity index (χ4v) is 3.67. The van der Waals surface area contributed by atoms with Gasteiger partial charge in [0, 0.05) is 0 Å². The summed E-state index contributed by atoms with van der Waals surface area (Å²) in [6.45, 7) is 3.61. The smallest absolute Gasteiger partial charge is 0.334 e. The molecule has 1 aliphatic carbocycles. The zero-order valence-corrected chi connectivity index (χ0v) is 14.2. The van der Waals surface area contributed by atoms with Gasteiger partial charge in [0.1, 0.15) is 11.8 Å². The van der Waals surface area contributed by atoms with E-state index < -0.39 is 12.0 Å². The van der Waals surface area contributed by atoms with E-state index in [2.05, 4.69) is 0 Å². The van der Waals surface area contributed by atoms with Gasteiger partial charge in [-0.05, 0) is 43.9 Å². The lowest BCUT2D eigenvalue weighted by molar-refractivity contribution is -0.152. The molecule has 1 heterocycles. The van der Waals surface area contributed by atoms with Crippen LogP contribution in [0.15, 0.2) is 24.3 Å². The third kappa shape index (κ3) is 2.95. The Morgan fingerprint density at radius 3 is 2.17 bits per heavy atom. The molecule has 1 saturated heterocycles. The minimum atomic E-state index is -0.888. The summed E-state index contributed by atoms with van der Waals surface area (Å²) >= 11 is 0. The lowest BCUT2D eigenvalue weighted by Crippen LogP contribution is -2.45. The number of hydrogen-bond acceptors (Lipinski definition) is 4. The molecule has 2 aliphatic rings. The van der Waals surface area contributed by atoms with Crippen molar-refractivity contribution in [3.63, 3.8) is 0 Å². The monoisotopic (exact) mass is 329 g/mol. The van der Waals surface area contributed by atoms with E-state index in [4.69, 9.17) is 4.74 Å². The van der Waals surface area contributed by atoms with Gasteiger partial charge in [-0.3, -0.25) is 14.5 Å². The number of ether oxygens (including phenoxy) is 1. The molecule has 3 unspecified atom stereocenters. The van der Waals surface area contributed by atoms with Crippen LogP contribution in [0, 0.1) is 11.8 Å². The first-order valence-corrected chi connectivity index (χ1v) is 8.70. The normalized spacial score (nSPS) is 24.7. The highest BCUT2D eigenvalue weighted by Crippen LogP contribution is 2.38. The summed E-state index contributed by atoms with van der Waals surface area (Å²) in [5.41, 5.74) is 1.15. The molecule has 24 heavy (non-hydrogen) atoms. The molecule has 1 aromatic rings. The van der Waals surface area contributed by atoms with Crippen molar-refractivity contribution in [3.05, 3.63) is 29.8 Å². The average Bonchev–Trinajstić information content (AvgIpc) is 2.86. The van der Waals surface area contributed by atoms with Crippen LogP contribution in [0.1, 0.15) is 45.1 Å². The summed E-state index contributed by atoms with van der Waals surface area (Å²) in [5, 5.41) is 0. The zero-order chi connectivity index (χ0) is 17.3. The van der Waals surface area contributed by atoms with Gasteiger partial charge in [-0.15, -0.1) is 0 Å². The number of aryl methyl sites for hydroxylation is 1. The second-order valence-electron chi connectivity index (χ2n) is 6.64. The van der Waals surface area contributed by atoms with Gasteiger partial charge in [0.2, 0.25) is 11.8 Å². The highest BCUT2D eigenvalue weighted by molar-refractivity contribution is 6.07. The van der Waals surface area contributed by atoms with Gasteiger partial charge in [0.25, 0.3) is 0 Å². The Morgan fingerprint density at radius 2 is 1.67 bits per heavy atom. The van der Waals surface area contributed by atoms with Crippen molar-refractivity contribution in [2.45, 2.75) is 52.0 Å². The van der Waals surface area contributed by atoms with Crippen LogP contribution in [0.4, 0.5) is 0 Å². The molecular formula is C19H23NO4. The molecule has 5 nitrogen and oxygen atoms in total. The number of nitrogens with zero attached hydrogens (tertiary/aromatic N) is 1. The number of imide groups is 1. The Hall–Kier alpha value is -2.17. The first-order valence-electron chi connectivity index (χ1n) is 8.70. The number of fused-ring (bicyclic) bond motifs is 1. The number of benzene rings is 1. The molecule has 3 atom stereocenters. The number of esters is 1. The fourth-order valence-electron chi connectivity index (χ4n) is 3.67. The summed E-state index contributed by atoms with van der Waals surface area (Å²) in [4.78, 5) is 38.6. The molecule has 5 heteroatoms. The van der Waals surface area contributed by atoms with Crippen LogP contribution in [0.5, 0.6) is 5.75 Å². The Bertz CT molecular complexity index is 628. The lowest BCUT2D eigenvalue weighted by atomic mass is 9.81. The van der Waals surface area contributed by atoms with E-state index in [9.17, 15) is 14.4 Å². The van der Waals surface area contributed by atoms with Crippen LogP contribution >= 0.6 is 0 Å². The maximum absolute atomic E-state index is 12.5. The SMILES string of the molecule is CCc1ccc(OC(=O)C(C)N2C(=O)C3CCCCC3C2=O)cc1. The molecular weight excluding hydrogens is 306 g/mol. The number of amides is 2. The van der Waals surface area contributed by atoms with Crippen LogP contribution < -0.4 is 4.74 Å². The van der Waals surface area contributed by atoms with E-state index in [0.29, 0.717) is 5.75 Å². The molecule has 1 aromatic carbocycles. The van der Waals surface area contributed by atoms with Crippen LogP contribution in [0.2, 0.25) is 0 Å². The number of rotatable bonds is 4. The molecule has 0 radical (unpaired) electrons. The zero-order valence-electron chi connectivity index (χ0n) is 14.2. The largest absolute Gasteiger partial charge is 0.425 e. The van der Waals surface area contributed by atoms with Crippen molar-refractivity contribution in [1.29, 1.82) is 0 Å². The van der Waals surface area contributed by atoms with Crippen LogP contribution in [0.3, 0.4) is 0 Å². The third-order valence-corrected chi connectivity index (χ3v) is 5.15. The number of carbonyl (C=O) groups excluding carboxylic acids is 3. The summed E-state index contributed by atoms with van der Waals surface area (Å²) in [5.74, 6) is -1.05. The number of likely N-dealkylation sites (tertiary alicyclic amines) is 1. The molecule has 1 aliphatic heterocycles. The molecule has 0 bridgehead atoms. The second-order valence-corrected chi connectivity index (χ2v) is 6.64. The quantitative estimate of drug-likeness (QED) is 0.484. The van der Waals surface area contributed by atoms with Crippen LogP contribution in [-0.2, 0) is 20.8 Å². The summed E-state index contributed by atoms with van der Waals surface area (Å²) < 4.78 is 5.35. The van der Waals surface area contributed by atoms with Gasteiger partial charge >= 0.3 is 5.97 Å². The molecule has 0 spiro atoms. The van der Waals surface area contributed by atoms with Crippen molar-refractivity contribution in [2.75, 3.05) is 0 Å². The third-order valence-electron chi connectivity index (χ3n) is 5.15. The summed E-state index contributed by atoms with van der Waals surface area (Å²) in [6, 6.07) is 6.37. The van der Waals surface area contributed by atoms with E-state index in [-0.39, 0.29) is 23.7 Å². The molecule has 3 rings (SSSR count). The molecule has 128 valence electrons.